The summed E-state index contributed by atoms with van der Waals surface area (Å²) in [7, 11) is -3.14. The van der Waals surface area contributed by atoms with Crippen molar-refractivity contribution in [1.82, 2.24) is 4.31 Å². The number of hydrogen-bond acceptors (Lipinski definition) is 3. The quantitative estimate of drug-likeness (QED) is 0.688. The molecule has 2 N–H and O–H groups in total. The van der Waals surface area contributed by atoms with E-state index in [2.05, 4.69) is 0 Å². The van der Waals surface area contributed by atoms with Crippen LogP contribution in [0.3, 0.4) is 0 Å². The van der Waals surface area contributed by atoms with Gasteiger partial charge in [0.25, 0.3) is 0 Å². The zero-order valence-electron chi connectivity index (χ0n) is 8.86. The van der Waals surface area contributed by atoms with Crippen LogP contribution >= 0.6 is 12.2 Å². The topological polar surface area (TPSA) is 63.4 Å². The lowest BCUT2D eigenvalue weighted by atomic mass is 10.2. The number of nitrogens with two attached hydrogens (primary N) is 1. The van der Waals surface area contributed by atoms with E-state index in [0.29, 0.717) is 30.4 Å². The van der Waals surface area contributed by atoms with E-state index in [0.717, 1.165) is 0 Å². The fourth-order valence-electron chi connectivity index (χ4n) is 1.03. The number of thiocarbonyl (C=S) groups is 1. The molecule has 0 aliphatic rings. The molecule has 0 aliphatic heterocycles. The van der Waals surface area contributed by atoms with Crippen molar-refractivity contribution < 1.29 is 8.42 Å². The molecule has 0 aromatic heterocycles. The van der Waals surface area contributed by atoms with Crippen LogP contribution in [0.2, 0.25) is 0 Å². The fraction of sp³-hybridized carbons (Fsp3) is 0.875. The second kappa shape index (κ2) is 5.63. The normalized spacial score (nSPS) is 12.4. The second-order valence-electron chi connectivity index (χ2n) is 3.73. The zero-order chi connectivity index (χ0) is 11.4. The maximum absolute atomic E-state index is 11.3. The zero-order valence-corrected chi connectivity index (χ0v) is 10.5. The van der Waals surface area contributed by atoms with E-state index in [1.165, 1.54) is 10.6 Å². The van der Waals surface area contributed by atoms with Gasteiger partial charge in [0, 0.05) is 19.5 Å². The van der Waals surface area contributed by atoms with Crippen molar-refractivity contribution in [2.45, 2.75) is 20.3 Å². The highest BCUT2D eigenvalue weighted by atomic mass is 32.2. The summed E-state index contributed by atoms with van der Waals surface area (Å²) in [6.45, 7) is 4.84. The van der Waals surface area contributed by atoms with Crippen molar-refractivity contribution in [3.63, 3.8) is 0 Å². The average molecular weight is 238 g/mol. The molecule has 6 heteroatoms. The molecule has 0 atom stereocenters. The van der Waals surface area contributed by atoms with Crippen molar-refractivity contribution >= 4 is 27.2 Å². The van der Waals surface area contributed by atoms with Gasteiger partial charge in [-0.2, -0.15) is 0 Å². The Morgan fingerprint density at radius 3 is 2.29 bits per heavy atom. The van der Waals surface area contributed by atoms with Crippen LogP contribution in [0.1, 0.15) is 20.3 Å². The summed E-state index contributed by atoms with van der Waals surface area (Å²) in [5.74, 6) is 0.302. The van der Waals surface area contributed by atoms with Crippen molar-refractivity contribution in [3.8, 4) is 0 Å². The minimum atomic E-state index is -3.14. The Kier molecular flexibility index (Phi) is 5.54. The molecule has 0 aliphatic carbocycles. The molecule has 0 radical (unpaired) electrons. The predicted molar refractivity (Wildman–Crippen MR) is 62.7 cm³/mol. The van der Waals surface area contributed by atoms with Crippen LogP contribution in [0.4, 0.5) is 0 Å². The van der Waals surface area contributed by atoms with E-state index < -0.39 is 10.0 Å². The van der Waals surface area contributed by atoms with E-state index in [4.69, 9.17) is 18.0 Å². The van der Waals surface area contributed by atoms with Crippen LogP contribution in [0.15, 0.2) is 0 Å². The number of rotatable bonds is 6. The van der Waals surface area contributed by atoms with Crippen LogP contribution < -0.4 is 5.73 Å². The Morgan fingerprint density at radius 2 is 2.00 bits per heavy atom. The molecule has 0 heterocycles. The Bertz CT molecular complexity index is 286. The van der Waals surface area contributed by atoms with E-state index in [9.17, 15) is 8.42 Å². The first kappa shape index (κ1) is 13.8. The lowest BCUT2D eigenvalue weighted by molar-refractivity contribution is 0.377. The molecule has 0 unspecified atom stereocenters. The Morgan fingerprint density at radius 1 is 1.50 bits per heavy atom. The summed E-state index contributed by atoms with van der Waals surface area (Å²) < 4.78 is 24.1. The molecule has 84 valence electrons. The van der Waals surface area contributed by atoms with Gasteiger partial charge in [-0.3, -0.25) is 0 Å². The Hall–Kier alpha value is -0.200. The van der Waals surface area contributed by atoms with Gasteiger partial charge >= 0.3 is 0 Å². The van der Waals surface area contributed by atoms with Gasteiger partial charge in [0.15, 0.2) is 0 Å². The molecule has 0 bridgehead atoms. The molecule has 0 saturated carbocycles. The van der Waals surface area contributed by atoms with Gasteiger partial charge in [-0.15, -0.1) is 0 Å². The lowest BCUT2D eigenvalue weighted by Gasteiger charge is -2.21. The highest BCUT2D eigenvalue weighted by molar-refractivity contribution is 7.88. The van der Waals surface area contributed by atoms with Crippen molar-refractivity contribution in [3.05, 3.63) is 0 Å². The average Bonchev–Trinajstić information content (AvgIpc) is 1.94. The molecule has 0 aromatic rings. The van der Waals surface area contributed by atoms with Crippen LogP contribution in [-0.4, -0.2) is 37.1 Å². The van der Waals surface area contributed by atoms with E-state index >= 15 is 0 Å². The third-order valence-corrected chi connectivity index (χ3v) is 3.12. The fourth-order valence-corrected chi connectivity index (χ4v) is 2.12. The number of hydrogen-bond donors (Lipinski definition) is 1. The molecule has 4 nitrogen and oxygen atoms in total. The molecule has 0 spiro atoms. The second-order valence-corrected chi connectivity index (χ2v) is 6.24. The van der Waals surface area contributed by atoms with Crippen molar-refractivity contribution in [1.29, 1.82) is 0 Å². The molecule has 0 aromatic carbocycles. The molecule has 0 amide bonds. The van der Waals surface area contributed by atoms with Gasteiger partial charge in [-0.1, -0.05) is 26.1 Å². The predicted octanol–water partition coefficient (Wildman–Crippen LogP) is 0.580. The smallest absolute Gasteiger partial charge is 0.211 e. The maximum atomic E-state index is 11.3. The van der Waals surface area contributed by atoms with E-state index in [1.54, 1.807) is 0 Å². The molecule has 0 saturated heterocycles. The van der Waals surface area contributed by atoms with Gasteiger partial charge in [0.05, 0.1) is 11.2 Å². The van der Waals surface area contributed by atoms with Crippen molar-refractivity contribution in [2.24, 2.45) is 11.7 Å². The molecule has 0 fully saturated rings. The lowest BCUT2D eigenvalue weighted by Crippen LogP contribution is -2.35. The Labute approximate surface area is 91.5 Å². The van der Waals surface area contributed by atoms with Crippen LogP contribution in [0.25, 0.3) is 0 Å². The minimum Gasteiger partial charge on any atom is -0.393 e. The number of sulfonamides is 1. The summed E-state index contributed by atoms with van der Waals surface area (Å²) in [5.41, 5.74) is 5.32. The van der Waals surface area contributed by atoms with Crippen LogP contribution in [0, 0.1) is 5.92 Å². The highest BCUT2D eigenvalue weighted by Crippen LogP contribution is 2.05. The standard InChI is InChI=1S/C8H18N2O2S2/c1-7(2)6-10(14(3,11)12)5-4-8(9)13/h7H,4-6H2,1-3H3,(H2,9,13). The van der Waals surface area contributed by atoms with Crippen LogP contribution in [-0.2, 0) is 10.0 Å². The van der Waals surface area contributed by atoms with Crippen LogP contribution in [0.5, 0.6) is 0 Å². The van der Waals surface area contributed by atoms with Crippen molar-refractivity contribution in [2.75, 3.05) is 19.3 Å². The van der Waals surface area contributed by atoms with Gasteiger partial charge in [0.1, 0.15) is 0 Å². The molecule has 0 rings (SSSR count). The molecular formula is C8H18N2O2S2. The van der Waals surface area contributed by atoms with Gasteiger partial charge < -0.3 is 5.73 Å². The largest absolute Gasteiger partial charge is 0.393 e. The highest BCUT2D eigenvalue weighted by Gasteiger charge is 2.17. The first-order valence-electron chi connectivity index (χ1n) is 4.47. The van der Waals surface area contributed by atoms with Gasteiger partial charge in [-0.25, -0.2) is 12.7 Å². The first-order valence-corrected chi connectivity index (χ1v) is 6.72. The van der Waals surface area contributed by atoms with E-state index in [1.807, 2.05) is 13.8 Å². The SMILES string of the molecule is CC(C)CN(CCC(N)=S)S(C)(=O)=O. The summed E-state index contributed by atoms with van der Waals surface area (Å²) in [6.07, 6.45) is 1.64. The summed E-state index contributed by atoms with van der Waals surface area (Å²) in [6, 6.07) is 0. The third kappa shape index (κ3) is 6.28. The third-order valence-electron chi connectivity index (χ3n) is 1.65. The number of nitrogens with zero attached hydrogens (tertiary/aromatic N) is 1. The molecular weight excluding hydrogens is 220 g/mol. The van der Waals surface area contributed by atoms with Gasteiger partial charge in [-0.05, 0) is 5.92 Å². The summed E-state index contributed by atoms with van der Waals surface area (Å²) in [5, 5.41) is 0. The Balaban J connectivity index is 4.34. The minimum absolute atomic E-state index is 0.302. The maximum Gasteiger partial charge on any atom is 0.211 e. The summed E-state index contributed by atoms with van der Waals surface area (Å²) in [4.78, 5) is 0.349. The van der Waals surface area contributed by atoms with E-state index in [-0.39, 0.29) is 0 Å². The monoisotopic (exact) mass is 238 g/mol. The first-order chi connectivity index (χ1) is 6.23. The molecule has 14 heavy (non-hydrogen) atoms. The summed E-state index contributed by atoms with van der Waals surface area (Å²) >= 11 is 4.71. The van der Waals surface area contributed by atoms with Gasteiger partial charge in [0.2, 0.25) is 10.0 Å².